The fourth-order valence-corrected chi connectivity index (χ4v) is 4.16. The molecular weight excluding hydrogens is 376 g/mol. The van der Waals surface area contributed by atoms with Gasteiger partial charge in [0.2, 0.25) is 0 Å². The van der Waals surface area contributed by atoms with Gasteiger partial charge in [0, 0.05) is 25.8 Å². The van der Waals surface area contributed by atoms with E-state index in [0.717, 1.165) is 30.8 Å². The summed E-state index contributed by atoms with van der Waals surface area (Å²) in [7, 11) is 0. The number of imidazole rings is 1. The average Bonchev–Trinajstić information content (AvgIpc) is 3.07. The summed E-state index contributed by atoms with van der Waals surface area (Å²) in [6.45, 7) is 3.71. The van der Waals surface area contributed by atoms with Crippen LogP contribution >= 0.6 is 0 Å². The predicted molar refractivity (Wildman–Crippen MR) is 117 cm³/mol. The smallest absolute Gasteiger partial charge is 0.335 e. The molecule has 30 heavy (non-hydrogen) atoms. The van der Waals surface area contributed by atoms with E-state index in [1.54, 1.807) is 15.3 Å². The Hall–Kier alpha value is -3.22. The molecule has 5 rings (SSSR count). The summed E-state index contributed by atoms with van der Waals surface area (Å²) in [6, 6.07) is 24.0. The highest BCUT2D eigenvalue weighted by Gasteiger charge is 2.24. The molecule has 6 heteroatoms. The SMILES string of the molecule is O=c1n(CC2CN(Cc3ccccc3)CCO2)c2ncccc2n1-c1ccccc1. The Balaban J connectivity index is 1.43. The van der Waals surface area contributed by atoms with Gasteiger partial charge >= 0.3 is 5.69 Å². The number of hydrogen-bond donors (Lipinski definition) is 0. The molecule has 6 nitrogen and oxygen atoms in total. The van der Waals surface area contributed by atoms with Crippen LogP contribution in [-0.2, 0) is 17.8 Å². The van der Waals surface area contributed by atoms with Crippen molar-refractivity contribution >= 4 is 11.2 Å². The molecule has 0 N–H and O–H groups in total. The summed E-state index contributed by atoms with van der Waals surface area (Å²) in [5, 5.41) is 0. The van der Waals surface area contributed by atoms with Crippen LogP contribution in [0, 0.1) is 0 Å². The Kier molecular flexibility index (Phi) is 5.17. The Morgan fingerprint density at radius 2 is 1.73 bits per heavy atom. The molecule has 2 aromatic carbocycles. The number of aromatic nitrogens is 3. The van der Waals surface area contributed by atoms with Gasteiger partial charge in [-0.3, -0.25) is 14.0 Å². The lowest BCUT2D eigenvalue weighted by Gasteiger charge is -2.33. The molecule has 0 saturated carbocycles. The molecule has 0 bridgehead atoms. The van der Waals surface area contributed by atoms with Gasteiger partial charge in [-0.1, -0.05) is 48.5 Å². The van der Waals surface area contributed by atoms with Crippen molar-refractivity contribution in [3.05, 3.63) is 95.0 Å². The van der Waals surface area contributed by atoms with Crippen molar-refractivity contribution in [2.75, 3.05) is 19.7 Å². The number of hydrogen-bond acceptors (Lipinski definition) is 4. The van der Waals surface area contributed by atoms with Gasteiger partial charge in [-0.2, -0.15) is 0 Å². The zero-order valence-corrected chi connectivity index (χ0v) is 16.7. The highest BCUT2D eigenvalue weighted by Crippen LogP contribution is 2.18. The van der Waals surface area contributed by atoms with Gasteiger partial charge in [0.15, 0.2) is 5.65 Å². The first-order valence-electron chi connectivity index (χ1n) is 10.3. The molecule has 0 amide bonds. The van der Waals surface area contributed by atoms with Crippen molar-refractivity contribution in [3.8, 4) is 5.69 Å². The van der Waals surface area contributed by atoms with Gasteiger partial charge in [0.25, 0.3) is 0 Å². The van der Waals surface area contributed by atoms with Gasteiger partial charge in [-0.25, -0.2) is 9.78 Å². The number of pyridine rings is 1. The van der Waals surface area contributed by atoms with Crippen LogP contribution in [0.2, 0.25) is 0 Å². The van der Waals surface area contributed by atoms with E-state index in [1.807, 2.05) is 48.5 Å². The number of ether oxygens (including phenoxy) is 1. The molecule has 1 aliphatic rings. The summed E-state index contributed by atoms with van der Waals surface area (Å²) < 4.78 is 9.51. The highest BCUT2D eigenvalue weighted by molar-refractivity contribution is 5.73. The fourth-order valence-electron chi connectivity index (χ4n) is 4.16. The molecule has 4 aromatic rings. The lowest BCUT2D eigenvalue weighted by molar-refractivity contribution is -0.0387. The minimum atomic E-state index is -0.0846. The van der Waals surface area contributed by atoms with Crippen LogP contribution < -0.4 is 5.69 Å². The van der Waals surface area contributed by atoms with Crippen molar-refractivity contribution in [2.45, 2.75) is 19.2 Å². The topological polar surface area (TPSA) is 52.3 Å². The van der Waals surface area contributed by atoms with Gasteiger partial charge in [0.05, 0.1) is 30.5 Å². The van der Waals surface area contributed by atoms with Crippen LogP contribution in [0.25, 0.3) is 16.9 Å². The van der Waals surface area contributed by atoms with E-state index in [4.69, 9.17) is 4.74 Å². The number of para-hydroxylation sites is 1. The Labute approximate surface area is 175 Å². The second kappa shape index (κ2) is 8.26. The predicted octanol–water partition coefficient (Wildman–Crippen LogP) is 3.09. The standard InChI is InChI=1S/C24H24N4O2/c29-24-27(18-21-17-26(14-15-30-21)16-19-8-3-1-4-9-19)23-22(12-7-13-25-23)28(24)20-10-5-2-6-11-20/h1-13,21H,14-18H2. The minimum absolute atomic E-state index is 0.0583. The average molecular weight is 400 g/mol. The molecular formula is C24H24N4O2. The molecule has 1 atom stereocenters. The number of rotatable bonds is 5. The van der Waals surface area contributed by atoms with Crippen LogP contribution in [-0.4, -0.2) is 44.8 Å². The fraction of sp³-hybridized carbons (Fsp3) is 0.250. The maximum Gasteiger partial charge on any atom is 0.335 e. The normalized spacial score (nSPS) is 17.4. The van der Waals surface area contributed by atoms with Crippen molar-refractivity contribution in [2.24, 2.45) is 0 Å². The number of morpholine rings is 1. The maximum atomic E-state index is 13.4. The highest BCUT2D eigenvalue weighted by atomic mass is 16.5. The van der Waals surface area contributed by atoms with Gasteiger partial charge in [0.1, 0.15) is 0 Å². The van der Waals surface area contributed by atoms with Crippen molar-refractivity contribution in [3.63, 3.8) is 0 Å². The quantitative estimate of drug-likeness (QED) is 0.517. The lowest BCUT2D eigenvalue weighted by Crippen LogP contribution is -2.44. The lowest BCUT2D eigenvalue weighted by atomic mass is 10.2. The van der Waals surface area contributed by atoms with E-state index in [2.05, 4.69) is 34.1 Å². The Morgan fingerprint density at radius 1 is 0.967 bits per heavy atom. The third-order valence-corrected chi connectivity index (χ3v) is 5.56. The van der Waals surface area contributed by atoms with Crippen LogP contribution in [0.4, 0.5) is 0 Å². The first kappa shape index (κ1) is 18.8. The summed E-state index contributed by atoms with van der Waals surface area (Å²) in [5.74, 6) is 0. The van der Waals surface area contributed by atoms with E-state index in [1.165, 1.54) is 5.56 Å². The molecule has 0 radical (unpaired) electrons. The van der Waals surface area contributed by atoms with Crippen molar-refractivity contribution in [1.82, 2.24) is 19.0 Å². The van der Waals surface area contributed by atoms with Crippen LogP contribution in [0.15, 0.2) is 83.8 Å². The largest absolute Gasteiger partial charge is 0.374 e. The van der Waals surface area contributed by atoms with Crippen LogP contribution in [0.3, 0.4) is 0 Å². The summed E-state index contributed by atoms with van der Waals surface area (Å²) >= 11 is 0. The van der Waals surface area contributed by atoms with E-state index < -0.39 is 0 Å². The first-order chi connectivity index (χ1) is 14.8. The zero-order chi connectivity index (χ0) is 20.3. The molecule has 152 valence electrons. The van der Waals surface area contributed by atoms with Crippen molar-refractivity contribution < 1.29 is 4.74 Å². The zero-order valence-electron chi connectivity index (χ0n) is 16.7. The third kappa shape index (κ3) is 3.67. The number of nitrogens with zero attached hydrogens (tertiary/aromatic N) is 4. The monoisotopic (exact) mass is 400 g/mol. The Bertz CT molecular complexity index is 1180. The molecule has 0 aliphatic carbocycles. The van der Waals surface area contributed by atoms with Gasteiger partial charge in [-0.05, 0) is 29.8 Å². The van der Waals surface area contributed by atoms with E-state index in [0.29, 0.717) is 18.8 Å². The van der Waals surface area contributed by atoms with E-state index in [-0.39, 0.29) is 11.8 Å². The molecule has 1 unspecified atom stereocenters. The minimum Gasteiger partial charge on any atom is -0.374 e. The third-order valence-electron chi connectivity index (χ3n) is 5.56. The molecule has 3 heterocycles. The maximum absolute atomic E-state index is 13.4. The van der Waals surface area contributed by atoms with Crippen LogP contribution in [0.5, 0.6) is 0 Å². The number of benzene rings is 2. The Morgan fingerprint density at radius 3 is 2.53 bits per heavy atom. The molecule has 1 saturated heterocycles. The molecule has 1 aliphatic heterocycles. The number of fused-ring (bicyclic) bond motifs is 1. The van der Waals surface area contributed by atoms with Crippen LogP contribution in [0.1, 0.15) is 5.56 Å². The molecule has 2 aromatic heterocycles. The molecule has 0 spiro atoms. The van der Waals surface area contributed by atoms with Gasteiger partial charge in [-0.15, -0.1) is 0 Å². The second-order valence-corrected chi connectivity index (χ2v) is 7.62. The van der Waals surface area contributed by atoms with Crippen molar-refractivity contribution in [1.29, 1.82) is 0 Å². The first-order valence-corrected chi connectivity index (χ1v) is 10.3. The summed E-state index contributed by atoms with van der Waals surface area (Å²) in [6.07, 6.45) is 1.67. The van der Waals surface area contributed by atoms with E-state index >= 15 is 0 Å². The van der Waals surface area contributed by atoms with E-state index in [9.17, 15) is 4.79 Å². The van der Waals surface area contributed by atoms with Gasteiger partial charge < -0.3 is 4.74 Å². The summed E-state index contributed by atoms with van der Waals surface area (Å²) in [4.78, 5) is 20.3. The molecule has 1 fully saturated rings. The summed E-state index contributed by atoms with van der Waals surface area (Å²) in [5.41, 5.74) is 3.55. The second-order valence-electron chi connectivity index (χ2n) is 7.62.